The van der Waals surface area contributed by atoms with Crippen LogP contribution < -0.4 is 10.2 Å². The van der Waals surface area contributed by atoms with Gasteiger partial charge in [0.25, 0.3) is 5.91 Å². The standard InChI is InChI=1S/C18H27N3O5S/c1-13(2)15-5-7-16(8-6-15)27(24,25)21-11-9-20(10-12-21)14(3)17(22)19-18(23)26-4/h5-8,13-14H,9-12H2,1-4H3,(H,19,22,23)/p+1/t14-/m0/s1. The van der Waals surface area contributed by atoms with Crippen molar-refractivity contribution in [3.8, 4) is 0 Å². The highest BCUT2D eigenvalue weighted by atomic mass is 32.2. The van der Waals surface area contributed by atoms with Gasteiger partial charge in [-0.25, -0.2) is 13.2 Å². The summed E-state index contributed by atoms with van der Waals surface area (Å²) in [6.07, 6.45) is -0.794. The van der Waals surface area contributed by atoms with Gasteiger partial charge >= 0.3 is 6.09 Å². The third-order valence-electron chi connectivity index (χ3n) is 4.97. The lowest BCUT2D eigenvalue weighted by Crippen LogP contribution is -3.19. The van der Waals surface area contributed by atoms with Gasteiger partial charge in [0.2, 0.25) is 10.0 Å². The molecule has 1 aliphatic heterocycles. The highest BCUT2D eigenvalue weighted by Gasteiger charge is 2.34. The molecule has 1 heterocycles. The number of nitrogens with one attached hydrogen (secondary N) is 2. The van der Waals surface area contributed by atoms with Gasteiger partial charge in [-0.3, -0.25) is 10.1 Å². The van der Waals surface area contributed by atoms with Crippen molar-refractivity contribution in [2.75, 3.05) is 33.3 Å². The van der Waals surface area contributed by atoms with E-state index in [1.807, 2.05) is 12.1 Å². The highest BCUT2D eigenvalue weighted by molar-refractivity contribution is 7.89. The molecular weight excluding hydrogens is 370 g/mol. The van der Waals surface area contributed by atoms with Crippen molar-refractivity contribution in [1.29, 1.82) is 0 Å². The Morgan fingerprint density at radius 3 is 2.15 bits per heavy atom. The molecule has 2 N–H and O–H groups in total. The Bertz CT molecular complexity index is 769. The number of alkyl carbamates (subject to hydrolysis) is 1. The minimum atomic E-state index is -3.55. The number of methoxy groups -OCH3 is 1. The van der Waals surface area contributed by atoms with E-state index in [0.717, 1.165) is 10.5 Å². The maximum absolute atomic E-state index is 12.8. The first-order chi connectivity index (χ1) is 12.7. The van der Waals surface area contributed by atoms with Crippen LogP contribution in [0.25, 0.3) is 0 Å². The summed E-state index contributed by atoms with van der Waals surface area (Å²) in [6.45, 7) is 7.44. The maximum atomic E-state index is 12.8. The fraction of sp³-hybridized carbons (Fsp3) is 0.556. The van der Waals surface area contributed by atoms with Crippen molar-refractivity contribution in [2.45, 2.75) is 37.6 Å². The first-order valence-electron chi connectivity index (χ1n) is 9.00. The molecule has 0 aromatic heterocycles. The molecule has 0 radical (unpaired) electrons. The topological polar surface area (TPSA) is 97.2 Å². The number of carbonyl (C=O) groups excluding carboxylic acids is 2. The Morgan fingerprint density at radius 2 is 1.67 bits per heavy atom. The van der Waals surface area contributed by atoms with Crippen LogP contribution in [0.1, 0.15) is 32.3 Å². The van der Waals surface area contributed by atoms with Crippen LogP contribution in [0.15, 0.2) is 29.2 Å². The number of sulfonamides is 1. The van der Waals surface area contributed by atoms with E-state index in [0.29, 0.717) is 32.1 Å². The summed E-state index contributed by atoms with van der Waals surface area (Å²) in [7, 11) is -2.36. The second kappa shape index (κ2) is 8.81. The van der Waals surface area contributed by atoms with E-state index in [4.69, 9.17) is 0 Å². The molecule has 0 bridgehead atoms. The zero-order chi connectivity index (χ0) is 20.2. The SMILES string of the molecule is COC(=O)NC(=O)[C@H](C)[NH+]1CCN(S(=O)(=O)c2ccc(C(C)C)cc2)CC1. The smallest absolute Gasteiger partial charge is 0.413 e. The number of quaternary nitrogens is 1. The molecule has 2 amide bonds. The normalized spacial score (nSPS) is 17.5. The molecule has 1 aromatic rings. The predicted molar refractivity (Wildman–Crippen MR) is 100.0 cm³/mol. The minimum Gasteiger partial charge on any atom is -0.453 e. The molecule has 0 spiro atoms. The molecule has 1 aliphatic rings. The second-order valence-electron chi connectivity index (χ2n) is 6.99. The Kier molecular flexibility index (Phi) is 6.96. The van der Waals surface area contributed by atoms with Gasteiger partial charge in [-0.15, -0.1) is 0 Å². The van der Waals surface area contributed by atoms with E-state index in [-0.39, 0.29) is 4.90 Å². The summed E-state index contributed by atoms with van der Waals surface area (Å²) in [6, 6.07) is 6.52. The first kappa shape index (κ1) is 21.3. The molecule has 0 saturated carbocycles. The van der Waals surface area contributed by atoms with Gasteiger partial charge in [-0.2, -0.15) is 4.31 Å². The number of piperazine rings is 1. The number of imide groups is 1. The lowest BCUT2D eigenvalue weighted by atomic mass is 10.0. The molecule has 2 rings (SSSR count). The molecule has 150 valence electrons. The molecule has 1 aromatic carbocycles. The summed E-state index contributed by atoms with van der Waals surface area (Å²) < 4.78 is 31.6. The molecule has 27 heavy (non-hydrogen) atoms. The second-order valence-corrected chi connectivity index (χ2v) is 8.93. The fourth-order valence-electron chi connectivity index (χ4n) is 3.07. The average Bonchev–Trinajstić information content (AvgIpc) is 2.67. The largest absolute Gasteiger partial charge is 0.453 e. The zero-order valence-electron chi connectivity index (χ0n) is 16.2. The van der Waals surface area contributed by atoms with Crippen LogP contribution in [-0.4, -0.2) is 64.1 Å². The first-order valence-corrected chi connectivity index (χ1v) is 10.4. The Labute approximate surface area is 160 Å². The number of nitrogens with zero attached hydrogens (tertiary/aromatic N) is 1. The van der Waals surface area contributed by atoms with Gasteiger partial charge in [-0.1, -0.05) is 26.0 Å². The van der Waals surface area contributed by atoms with Gasteiger partial charge in [-0.05, 0) is 30.5 Å². The van der Waals surface area contributed by atoms with Gasteiger partial charge in [0.05, 0.1) is 38.2 Å². The van der Waals surface area contributed by atoms with Crippen molar-refractivity contribution in [3.63, 3.8) is 0 Å². The van der Waals surface area contributed by atoms with Gasteiger partial charge in [0.15, 0.2) is 6.04 Å². The number of hydrogen-bond acceptors (Lipinski definition) is 5. The maximum Gasteiger partial charge on any atom is 0.413 e. The molecule has 8 nitrogen and oxygen atoms in total. The number of rotatable bonds is 5. The van der Waals surface area contributed by atoms with Crippen LogP contribution in [-0.2, 0) is 19.6 Å². The molecule has 0 aliphatic carbocycles. The average molecular weight is 399 g/mol. The van der Waals surface area contributed by atoms with Crippen LogP contribution in [0.2, 0.25) is 0 Å². The Hall–Kier alpha value is -1.97. The number of ether oxygens (including phenoxy) is 1. The lowest BCUT2D eigenvalue weighted by molar-refractivity contribution is -0.917. The van der Waals surface area contributed by atoms with E-state index >= 15 is 0 Å². The summed E-state index contributed by atoms with van der Waals surface area (Å²) in [5.41, 5.74) is 1.09. The molecule has 1 fully saturated rings. The third kappa shape index (κ3) is 5.06. The summed E-state index contributed by atoms with van der Waals surface area (Å²) in [5.74, 6) is -0.0936. The molecule has 9 heteroatoms. The fourth-order valence-corrected chi connectivity index (χ4v) is 4.51. The van der Waals surface area contributed by atoms with Crippen molar-refractivity contribution < 1.29 is 27.6 Å². The predicted octanol–water partition coefficient (Wildman–Crippen LogP) is -0.0297. The summed E-state index contributed by atoms with van der Waals surface area (Å²) in [4.78, 5) is 24.4. The zero-order valence-corrected chi connectivity index (χ0v) is 17.0. The van der Waals surface area contributed by atoms with Crippen LogP contribution >= 0.6 is 0 Å². The number of hydrogen-bond donors (Lipinski definition) is 2. The van der Waals surface area contributed by atoms with Gasteiger partial charge < -0.3 is 9.64 Å². The number of benzene rings is 1. The number of amides is 2. The van der Waals surface area contributed by atoms with Crippen molar-refractivity contribution >= 4 is 22.0 Å². The third-order valence-corrected chi connectivity index (χ3v) is 6.88. The number of carbonyl (C=O) groups is 2. The molecular formula is C18H28N3O5S+. The quantitative estimate of drug-likeness (QED) is 0.726. The summed E-state index contributed by atoms with van der Waals surface area (Å²) >= 11 is 0. The van der Waals surface area contributed by atoms with Crippen molar-refractivity contribution in [1.82, 2.24) is 9.62 Å². The van der Waals surface area contributed by atoms with Crippen molar-refractivity contribution in [2.24, 2.45) is 0 Å². The van der Waals surface area contributed by atoms with E-state index in [9.17, 15) is 18.0 Å². The molecule has 1 saturated heterocycles. The molecule has 0 unspecified atom stereocenters. The van der Waals surface area contributed by atoms with Gasteiger partial charge in [0.1, 0.15) is 0 Å². The van der Waals surface area contributed by atoms with E-state index in [1.54, 1.807) is 19.1 Å². The van der Waals surface area contributed by atoms with Crippen LogP contribution in [0, 0.1) is 0 Å². The highest BCUT2D eigenvalue weighted by Crippen LogP contribution is 2.20. The summed E-state index contributed by atoms with van der Waals surface area (Å²) in [5, 5.41) is 2.16. The van der Waals surface area contributed by atoms with E-state index in [2.05, 4.69) is 23.9 Å². The van der Waals surface area contributed by atoms with Crippen LogP contribution in [0.3, 0.4) is 0 Å². The van der Waals surface area contributed by atoms with E-state index in [1.165, 1.54) is 11.4 Å². The van der Waals surface area contributed by atoms with Crippen LogP contribution in [0.4, 0.5) is 4.79 Å². The van der Waals surface area contributed by atoms with Crippen molar-refractivity contribution in [3.05, 3.63) is 29.8 Å². The monoisotopic (exact) mass is 398 g/mol. The minimum absolute atomic E-state index is 0.284. The van der Waals surface area contributed by atoms with Crippen LogP contribution in [0.5, 0.6) is 0 Å². The van der Waals surface area contributed by atoms with E-state index < -0.39 is 28.1 Å². The Morgan fingerprint density at radius 1 is 1.11 bits per heavy atom. The molecule has 1 atom stereocenters. The Balaban J connectivity index is 1.99. The van der Waals surface area contributed by atoms with Gasteiger partial charge in [0, 0.05) is 0 Å². The lowest BCUT2D eigenvalue weighted by Gasteiger charge is -2.34.